The number of nitrogens with zero attached hydrogens (tertiary/aromatic N) is 3. The lowest BCUT2D eigenvalue weighted by Gasteiger charge is -2.33. The van der Waals surface area contributed by atoms with Crippen LogP contribution in [-0.4, -0.2) is 30.4 Å². The number of aryl methyl sites for hydroxylation is 1. The van der Waals surface area contributed by atoms with E-state index in [0.717, 1.165) is 17.8 Å². The topological polar surface area (TPSA) is 46.1 Å². The summed E-state index contributed by atoms with van der Waals surface area (Å²) in [6.07, 6.45) is 2.51. The second-order valence-electron chi connectivity index (χ2n) is 4.91. The molecule has 0 aliphatic heterocycles. The number of aromatic nitrogens is 2. The van der Waals surface area contributed by atoms with Crippen molar-refractivity contribution in [2.45, 2.75) is 33.0 Å². The van der Waals surface area contributed by atoms with Gasteiger partial charge in [0, 0.05) is 0 Å². The zero-order valence-electron chi connectivity index (χ0n) is 11.0. The molecule has 0 saturated carbocycles. The van der Waals surface area contributed by atoms with Crippen LogP contribution >= 0.6 is 12.6 Å². The molecular formula is C11H19N3OSSi. The number of hydrogen-bond donors (Lipinski definition) is 1. The Balaban J connectivity index is 3.22. The minimum absolute atomic E-state index is 0.179. The number of rotatable bonds is 4. The molecule has 0 unspecified atom stereocenters. The van der Waals surface area contributed by atoms with Gasteiger partial charge in [0.05, 0.1) is 17.6 Å². The van der Waals surface area contributed by atoms with Crippen molar-refractivity contribution >= 4 is 31.7 Å². The van der Waals surface area contributed by atoms with E-state index in [9.17, 15) is 4.79 Å². The zero-order valence-corrected chi connectivity index (χ0v) is 12.9. The van der Waals surface area contributed by atoms with Crippen molar-refractivity contribution in [1.29, 1.82) is 0 Å². The zero-order chi connectivity index (χ0) is 13.2. The lowest BCUT2D eigenvalue weighted by molar-refractivity contribution is 0.108. The smallest absolute Gasteiger partial charge is 0.253 e. The van der Waals surface area contributed by atoms with Crippen LogP contribution in [0.4, 0.5) is 5.69 Å². The van der Waals surface area contributed by atoms with Gasteiger partial charge in [-0.05, 0) is 13.5 Å². The molecule has 17 heavy (non-hydrogen) atoms. The Kier molecular flexibility index (Phi) is 4.32. The Morgan fingerprint density at radius 2 is 2.06 bits per heavy atom. The van der Waals surface area contributed by atoms with Crippen molar-refractivity contribution in [1.82, 2.24) is 9.97 Å². The first-order valence-electron chi connectivity index (χ1n) is 5.60. The fraction of sp³-hybridized carbons (Fsp3) is 0.545. The van der Waals surface area contributed by atoms with Crippen LogP contribution in [-0.2, 0) is 6.42 Å². The first kappa shape index (κ1) is 14.2. The second kappa shape index (κ2) is 5.18. The van der Waals surface area contributed by atoms with E-state index in [1.807, 2.05) is 6.92 Å². The van der Waals surface area contributed by atoms with Gasteiger partial charge in [0.1, 0.15) is 8.24 Å². The molecule has 0 spiro atoms. The van der Waals surface area contributed by atoms with Crippen LogP contribution in [0.25, 0.3) is 0 Å². The molecule has 1 aromatic rings. The van der Waals surface area contributed by atoms with E-state index >= 15 is 0 Å². The second-order valence-corrected chi connectivity index (χ2v) is 10.3. The molecule has 1 heterocycles. The van der Waals surface area contributed by atoms with E-state index in [1.54, 1.807) is 6.20 Å². The van der Waals surface area contributed by atoms with Crippen molar-refractivity contribution in [3.63, 3.8) is 0 Å². The Labute approximate surface area is 109 Å². The molecule has 0 aliphatic carbocycles. The summed E-state index contributed by atoms with van der Waals surface area (Å²) in [6, 6.07) is 0. The molecule has 0 fully saturated rings. The molecule has 0 atom stereocenters. The van der Waals surface area contributed by atoms with Gasteiger partial charge in [0.25, 0.3) is 5.12 Å². The molecule has 0 bridgehead atoms. The number of hydrogen-bond acceptors (Lipinski definition) is 4. The third kappa shape index (κ3) is 3.29. The Morgan fingerprint density at radius 3 is 2.47 bits per heavy atom. The van der Waals surface area contributed by atoms with E-state index in [-0.39, 0.29) is 10.9 Å². The monoisotopic (exact) mass is 269 g/mol. The van der Waals surface area contributed by atoms with Crippen LogP contribution in [0, 0.1) is 0 Å². The van der Waals surface area contributed by atoms with Gasteiger partial charge in [0.15, 0.2) is 0 Å². The van der Waals surface area contributed by atoms with Crippen LogP contribution in [0.15, 0.2) is 6.20 Å². The molecule has 0 radical (unpaired) electrons. The summed E-state index contributed by atoms with van der Waals surface area (Å²) in [5.41, 5.74) is 1.92. The minimum Gasteiger partial charge on any atom is -0.398 e. The number of anilines is 1. The first-order chi connectivity index (χ1) is 7.77. The van der Waals surface area contributed by atoms with Crippen molar-refractivity contribution < 1.29 is 4.79 Å². The van der Waals surface area contributed by atoms with Crippen molar-refractivity contribution in [3.8, 4) is 0 Å². The fourth-order valence-corrected chi connectivity index (χ4v) is 2.43. The van der Waals surface area contributed by atoms with Crippen molar-refractivity contribution in [2.75, 3.05) is 11.6 Å². The van der Waals surface area contributed by atoms with E-state index in [0.29, 0.717) is 0 Å². The summed E-state index contributed by atoms with van der Waals surface area (Å²) in [5, 5.41) is -0.387. The van der Waals surface area contributed by atoms with Crippen LogP contribution < -0.4 is 4.57 Å². The lowest BCUT2D eigenvalue weighted by Crippen LogP contribution is -2.44. The number of carbonyl (C=O) groups excluding carboxylic acids is 1. The number of carbonyl (C=O) groups is 1. The van der Waals surface area contributed by atoms with Crippen molar-refractivity contribution in [2.24, 2.45) is 0 Å². The van der Waals surface area contributed by atoms with Gasteiger partial charge < -0.3 is 4.57 Å². The molecular weight excluding hydrogens is 250 g/mol. The Morgan fingerprint density at radius 1 is 1.47 bits per heavy atom. The average Bonchev–Trinajstić information content (AvgIpc) is 2.25. The van der Waals surface area contributed by atoms with Gasteiger partial charge in [-0.15, -0.1) is 0 Å². The lowest BCUT2D eigenvalue weighted by atomic mass is 10.3. The molecule has 0 N–H and O–H groups in total. The van der Waals surface area contributed by atoms with E-state index in [2.05, 4.69) is 53.9 Å². The standard InChI is InChI=1S/C11H19N3OSSi/c1-6-8-9(14(2)17(3,4)5)7-12-10(13-8)11(15)16/h7H,6H2,1-5H3,(H,15,16). The predicted molar refractivity (Wildman–Crippen MR) is 76.5 cm³/mol. The molecule has 0 aliphatic rings. The molecule has 1 aromatic heterocycles. The van der Waals surface area contributed by atoms with Gasteiger partial charge in [-0.1, -0.05) is 39.2 Å². The van der Waals surface area contributed by atoms with E-state index < -0.39 is 8.24 Å². The highest BCUT2D eigenvalue weighted by molar-refractivity contribution is 7.97. The Bertz CT molecular complexity index is 431. The average molecular weight is 269 g/mol. The summed E-state index contributed by atoms with van der Waals surface area (Å²) in [7, 11) is 0.617. The van der Waals surface area contributed by atoms with Gasteiger partial charge in [-0.2, -0.15) is 0 Å². The van der Waals surface area contributed by atoms with Crippen LogP contribution in [0.3, 0.4) is 0 Å². The van der Waals surface area contributed by atoms with E-state index in [4.69, 9.17) is 0 Å². The quantitative estimate of drug-likeness (QED) is 0.673. The van der Waals surface area contributed by atoms with Crippen molar-refractivity contribution in [3.05, 3.63) is 17.7 Å². The summed E-state index contributed by atoms with van der Waals surface area (Å²) in [4.78, 5) is 19.5. The fourth-order valence-electron chi connectivity index (χ4n) is 1.42. The van der Waals surface area contributed by atoms with Gasteiger partial charge in [-0.3, -0.25) is 4.79 Å². The largest absolute Gasteiger partial charge is 0.398 e. The summed E-state index contributed by atoms with van der Waals surface area (Å²) < 4.78 is 2.25. The molecule has 0 aromatic carbocycles. The highest BCUT2D eigenvalue weighted by Gasteiger charge is 2.23. The predicted octanol–water partition coefficient (Wildman–Crippen LogP) is 2.38. The van der Waals surface area contributed by atoms with Gasteiger partial charge >= 0.3 is 0 Å². The maximum absolute atomic E-state index is 11.1. The minimum atomic E-state index is -1.44. The summed E-state index contributed by atoms with van der Waals surface area (Å²) >= 11 is 3.75. The van der Waals surface area contributed by atoms with Crippen LogP contribution in [0.2, 0.25) is 19.6 Å². The molecule has 94 valence electrons. The maximum atomic E-state index is 11.1. The SMILES string of the molecule is CCc1nc(C(=O)S)ncc1N(C)[Si](C)(C)C. The first-order valence-corrected chi connectivity index (χ1v) is 9.49. The maximum Gasteiger partial charge on any atom is 0.253 e. The summed E-state index contributed by atoms with van der Waals surface area (Å²) in [6.45, 7) is 8.79. The Hall–Kier alpha value is -0.883. The van der Waals surface area contributed by atoms with Gasteiger partial charge in [0.2, 0.25) is 5.82 Å². The van der Waals surface area contributed by atoms with Crippen LogP contribution in [0.1, 0.15) is 23.2 Å². The molecule has 1 rings (SSSR count). The summed E-state index contributed by atoms with van der Waals surface area (Å²) in [5.74, 6) is 0.179. The molecule has 6 heteroatoms. The number of thiol groups is 1. The molecule has 0 amide bonds. The highest BCUT2D eigenvalue weighted by Crippen LogP contribution is 2.22. The van der Waals surface area contributed by atoms with E-state index in [1.165, 1.54) is 0 Å². The third-order valence-electron chi connectivity index (χ3n) is 2.74. The molecule has 4 nitrogen and oxygen atoms in total. The highest BCUT2D eigenvalue weighted by atomic mass is 32.1. The van der Waals surface area contributed by atoms with Crippen LogP contribution in [0.5, 0.6) is 0 Å². The van der Waals surface area contributed by atoms with Gasteiger partial charge in [-0.25, -0.2) is 9.97 Å². The molecule has 0 saturated heterocycles. The normalized spacial score (nSPS) is 11.4. The third-order valence-corrected chi connectivity index (χ3v) is 5.19.